The topological polar surface area (TPSA) is 76.0 Å². The number of aromatic nitrogens is 2. The molecule has 6 nitrogen and oxygen atoms in total. The molecule has 2 heterocycles. The lowest BCUT2D eigenvalue weighted by Gasteiger charge is -2.06. The predicted octanol–water partition coefficient (Wildman–Crippen LogP) is 1.48. The van der Waals surface area contributed by atoms with E-state index >= 15 is 0 Å². The monoisotopic (exact) mass is 392 g/mol. The van der Waals surface area contributed by atoms with Gasteiger partial charge in [0.1, 0.15) is 10.7 Å². The fraction of sp³-hybridized carbons (Fsp3) is 0.417. The Morgan fingerprint density at radius 2 is 2.24 bits per heavy atom. The maximum Gasteiger partial charge on any atom is 0.242 e. The first-order valence-corrected chi connectivity index (χ1v) is 9.42. The molecule has 21 heavy (non-hydrogen) atoms. The van der Waals surface area contributed by atoms with Gasteiger partial charge in [-0.25, -0.2) is 18.1 Å². The van der Waals surface area contributed by atoms with E-state index in [0.29, 0.717) is 23.3 Å². The summed E-state index contributed by atoms with van der Waals surface area (Å²) in [7, 11) is 0.206. The van der Waals surface area contributed by atoms with Gasteiger partial charge in [-0.2, -0.15) is 0 Å². The first-order valence-electron chi connectivity index (χ1n) is 6.32. The van der Waals surface area contributed by atoms with E-state index in [-0.39, 0.29) is 4.90 Å². The third-order valence-corrected chi connectivity index (χ3v) is 6.62. The number of nitrogens with zero attached hydrogens (tertiary/aromatic N) is 2. The van der Waals surface area contributed by atoms with Crippen molar-refractivity contribution in [3.63, 3.8) is 0 Å². The molecule has 0 amide bonds. The zero-order valence-electron chi connectivity index (χ0n) is 11.8. The smallest absolute Gasteiger partial charge is 0.242 e. The molecule has 0 aromatic carbocycles. The lowest BCUT2D eigenvalue weighted by molar-refractivity contribution is 0.580. The molecule has 2 aromatic heterocycles. The van der Waals surface area contributed by atoms with Crippen molar-refractivity contribution in [2.24, 2.45) is 7.05 Å². The van der Waals surface area contributed by atoms with E-state index in [2.05, 4.69) is 31.0 Å². The lowest BCUT2D eigenvalue weighted by atomic mass is 10.4. The number of hydrogen-bond acceptors (Lipinski definition) is 5. The van der Waals surface area contributed by atoms with Crippen LogP contribution < -0.4 is 10.0 Å². The molecule has 0 saturated carbocycles. The first kappa shape index (κ1) is 16.6. The van der Waals surface area contributed by atoms with Gasteiger partial charge in [-0.05, 0) is 29.0 Å². The summed E-state index contributed by atoms with van der Waals surface area (Å²) in [5, 5.41) is 3.01. The van der Waals surface area contributed by atoms with Crippen LogP contribution in [0.15, 0.2) is 27.1 Å². The summed E-state index contributed by atoms with van der Waals surface area (Å²) < 4.78 is 29.7. The maximum atomic E-state index is 12.3. The van der Waals surface area contributed by atoms with Crippen molar-refractivity contribution in [2.45, 2.75) is 17.9 Å². The van der Waals surface area contributed by atoms with Crippen LogP contribution in [0.4, 0.5) is 0 Å². The van der Waals surface area contributed by atoms with Crippen LogP contribution in [0.1, 0.15) is 10.7 Å². The largest absolute Gasteiger partial charge is 0.338 e. The summed E-state index contributed by atoms with van der Waals surface area (Å²) in [6.07, 6.45) is 4.08. The highest BCUT2D eigenvalue weighted by Gasteiger charge is 2.20. The van der Waals surface area contributed by atoms with Crippen LogP contribution in [0.5, 0.6) is 0 Å². The highest BCUT2D eigenvalue weighted by molar-refractivity contribution is 9.11. The van der Waals surface area contributed by atoms with Crippen molar-refractivity contribution in [1.29, 1.82) is 0 Å². The van der Waals surface area contributed by atoms with Gasteiger partial charge < -0.3 is 9.88 Å². The highest BCUT2D eigenvalue weighted by atomic mass is 79.9. The van der Waals surface area contributed by atoms with E-state index in [9.17, 15) is 8.42 Å². The molecule has 0 fully saturated rings. The summed E-state index contributed by atoms with van der Waals surface area (Å²) in [6, 6.07) is 1.69. The van der Waals surface area contributed by atoms with E-state index in [1.807, 2.05) is 24.9 Å². The van der Waals surface area contributed by atoms with Gasteiger partial charge in [-0.15, -0.1) is 11.3 Å². The van der Waals surface area contributed by atoms with Crippen LogP contribution in [0.2, 0.25) is 0 Å². The Morgan fingerprint density at radius 3 is 2.86 bits per heavy atom. The number of aryl methyl sites for hydroxylation is 1. The number of rotatable bonds is 7. The number of nitrogens with one attached hydrogen (secondary N) is 2. The third-order valence-electron chi connectivity index (χ3n) is 2.91. The number of imidazole rings is 1. The minimum absolute atomic E-state index is 0.289. The number of thiophene rings is 1. The van der Waals surface area contributed by atoms with Crippen LogP contribution in [-0.4, -0.2) is 31.6 Å². The second-order valence-corrected chi connectivity index (χ2v) is 8.67. The molecule has 0 spiro atoms. The molecule has 0 unspecified atom stereocenters. The van der Waals surface area contributed by atoms with Crippen LogP contribution in [-0.2, 0) is 30.0 Å². The quantitative estimate of drug-likeness (QED) is 0.748. The Bertz CT molecular complexity index is 709. The first-order chi connectivity index (χ1) is 9.94. The molecule has 9 heteroatoms. The summed E-state index contributed by atoms with van der Waals surface area (Å²) in [5.41, 5.74) is 0. The minimum atomic E-state index is -3.51. The average Bonchev–Trinajstić information content (AvgIpc) is 2.97. The molecule has 116 valence electrons. The fourth-order valence-electron chi connectivity index (χ4n) is 1.85. The van der Waals surface area contributed by atoms with Crippen LogP contribution in [0.3, 0.4) is 0 Å². The standard InChI is InChI=1S/C12H17BrN4O2S2/c1-14-8-9-7-10(12(13)20-9)21(18,19)16-4-3-11-15-5-6-17(11)2/h5-7,14,16H,3-4,8H2,1-2H3. The number of halogens is 1. The maximum absolute atomic E-state index is 12.3. The third kappa shape index (κ3) is 4.13. The van der Waals surface area contributed by atoms with Crippen molar-refractivity contribution in [3.05, 3.63) is 32.9 Å². The Kier molecular flexibility index (Phi) is 5.55. The molecule has 2 aromatic rings. The molecular formula is C12H17BrN4O2S2. The molecule has 0 aliphatic heterocycles. The van der Waals surface area contributed by atoms with E-state index in [0.717, 1.165) is 10.7 Å². The van der Waals surface area contributed by atoms with Gasteiger partial charge in [0.2, 0.25) is 10.0 Å². The summed E-state index contributed by atoms with van der Waals surface area (Å²) in [6.45, 7) is 0.961. The van der Waals surface area contributed by atoms with E-state index in [1.54, 1.807) is 12.3 Å². The van der Waals surface area contributed by atoms with Crippen LogP contribution in [0.25, 0.3) is 0 Å². The summed E-state index contributed by atoms with van der Waals surface area (Å²) >= 11 is 4.74. The Hall–Kier alpha value is -0.740. The average molecular weight is 393 g/mol. The summed E-state index contributed by atoms with van der Waals surface area (Å²) in [5.74, 6) is 0.845. The molecule has 0 radical (unpaired) electrons. The van der Waals surface area contributed by atoms with Crippen molar-refractivity contribution in [2.75, 3.05) is 13.6 Å². The second-order valence-electron chi connectivity index (χ2n) is 4.48. The van der Waals surface area contributed by atoms with E-state index in [4.69, 9.17) is 0 Å². The van der Waals surface area contributed by atoms with Gasteiger partial charge in [-0.3, -0.25) is 0 Å². The van der Waals surface area contributed by atoms with Gasteiger partial charge >= 0.3 is 0 Å². The molecule has 0 aliphatic carbocycles. The van der Waals surface area contributed by atoms with Gasteiger partial charge in [0, 0.05) is 43.8 Å². The predicted molar refractivity (Wildman–Crippen MR) is 86.9 cm³/mol. The zero-order chi connectivity index (χ0) is 15.5. The number of hydrogen-bond donors (Lipinski definition) is 2. The molecule has 0 saturated heterocycles. The van der Waals surface area contributed by atoms with E-state index in [1.165, 1.54) is 11.3 Å². The minimum Gasteiger partial charge on any atom is -0.338 e. The highest BCUT2D eigenvalue weighted by Crippen LogP contribution is 2.31. The Labute approximate surface area is 136 Å². The van der Waals surface area contributed by atoms with Crippen molar-refractivity contribution in [1.82, 2.24) is 19.6 Å². The van der Waals surface area contributed by atoms with Crippen LogP contribution in [0, 0.1) is 0 Å². The zero-order valence-corrected chi connectivity index (χ0v) is 15.0. The second kappa shape index (κ2) is 7.01. The van der Waals surface area contributed by atoms with Crippen molar-refractivity contribution < 1.29 is 8.42 Å². The Balaban J connectivity index is 2.03. The molecule has 2 N–H and O–H groups in total. The molecule has 0 aliphatic rings. The molecule has 0 atom stereocenters. The van der Waals surface area contributed by atoms with Gasteiger partial charge in [-0.1, -0.05) is 0 Å². The summed E-state index contributed by atoms with van der Waals surface area (Å²) in [4.78, 5) is 5.42. The van der Waals surface area contributed by atoms with E-state index < -0.39 is 10.0 Å². The normalized spacial score (nSPS) is 12.0. The van der Waals surface area contributed by atoms with Crippen molar-refractivity contribution >= 4 is 37.3 Å². The molecule has 0 bridgehead atoms. The van der Waals surface area contributed by atoms with Gasteiger partial charge in [0.15, 0.2) is 0 Å². The Morgan fingerprint density at radius 1 is 1.48 bits per heavy atom. The van der Waals surface area contributed by atoms with Gasteiger partial charge in [0.05, 0.1) is 3.79 Å². The van der Waals surface area contributed by atoms with Gasteiger partial charge in [0.25, 0.3) is 0 Å². The van der Waals surface area contributed by atoms with Crippen LogP contribution >= 0.6 is 27.3 Å². The fourth-order valence-corrected chi connectivity index (χ4v) is 5.58. The molecular weight excluding hydrogens is 376 g/mol. The van der Waals surface area contributed by atoms with Crippen molar-refractivity contribution in [3.8, 4) is 0 Å². The SMILES string of the molecule is CNCc1cc(S(=O)(=O)NCCc2nccn2C)c(Br)s1. The molecule has 2 rings (SSSR count). The lowest BCUT2D eigenvalue weighted by Crippen LogP contribution is -2.26. The number of sulfonamides is 1.